The number of methoxy groups -OCH3 is 1. The average molecular weight is 323 g/mol. The van der Waals surface area contributed by atoms with Gasteiger partial charge in [-0.1, -0.05) is 24.3 Å². The van der Waals surface area contributed by atoms with Crippen LogP contribution in [0.25, 0.3) is 21.7 Å². The quantitative estimate of drug-likeness (QED) is 0.751. The third-order valence-corrected chi connectivity index (χ3v) is 4.63. The van der Waals surface area contributed by atoms with Crippen molar-refractivity contribution >= 4 is 33.6 Å². The van der Waals surface area contributed by atoms with E-state index in [-0.39, 0.29) is 17.7 Å². The molecule has 5 nitrogen and oxygen atoms in total. The van der Waals surface area contributed by atoms with Gasteiger partial charge in [0.25, 0.3) is 0 Å². The molecule has 3 aromatic rings. The molecule has 1 aliphatic heterocycles. The van der Waals surface area contributed by atoms with Gasteiger partial charge in [0.2, 0.25) is 11.8 Å². The minimum Gasteiger partial charge on any atom is -0.464 e. The zero-order chi connectivity index (χ0) is 16.7. The summed E-state index contributed by atoms with van der Waals surface area (Å²) in [6.07, 6.45) is 2.50. The maximum Gasteiger partial charge on any atom is 0.234 e. The molecule has 1 N–H and O–H groups in total. The molecule has 2 heterocycles. The Morgan fingerprint density at radius 1 is 1.21 bits per heavy atom. The molecule has 2 amide bonds. The van der Waals surface area contributed by atoms with E-state index in [2.05, 4.69) is 5.32 Å². The van der Waals surface area contributed by atoms with Crippen LogP contribution >= 0.6 is 0 Å². The van der Waals surface area contributed by atoms with Crippen molar-refractivity contribution in [3.63, 3.8) is 0 Å². The molecule has 1 aromatic heterocycles. The monoisotopic (exact) mass is 323 g/mol. The van der Waals surface area contributed by atoms with Gasteiger partial charge in [-0.2, -0.15) is 0 Å². The molecule has 0 aliphatic carbocycles. The van der Waals surface area contributed by atoms with Gasteiger partial charge in [0.15, 0.2) is 0 Å². The van der Waals surface area contributed by atoms with Gasteiger partial charge in [-0.05, 0) is 28.8 Å². The molecular weight excluding hydrogens is 306 g/mol. The first-order valence-corrected chi connectivity index (χ1v) is 7.93. The molecule has 0 saturated carbocycles. The summed E-state index contributed by atoms with van der Waals surface area (Å²) in [5.74, 6) is -0.823. The summed E-state index contributed by atoms with van der Waals surface area (Å²) in [4.78, 5) is 23.7. The summed E-state index contributed by atoms with van der Waals surface area (Å²) in [5, 5.41) is 5.49. The molecule has 1 atom stereocenters. The highest BCUT2D eigenvalue weighted by Gasteiger charge is 2.31. The van der Waals surface area contributed by atoms with Gasteiger partial charge in [-0.15, -0.1) is 0 Å². The molecule has 24 heavy (non-hydrogen) atoms. The average Bonchev–Trinajstić information content (AvgIpc) is 3.00. The number of ether oxygens (including phenoxy) is 1. The first-order valence-electron chi connectivity index (χ1n) is 7.93. The maximum atomic E-state index is 12.3. The van der Waals surface area contributed by atoms with Crippen molar-refractivity contribution in [1.29, 1.82) is 0 Å². The molecule has 0 radical (unpaired) electrons. The van der Waals surface area contributed by atoms with E-state index in [1.807, 2.05) is 30.3 Å². The Morgan fingerprint density at radius 2 is 2.08 bits per heavy atom. The first kappa shape index (κ1) is 14.9. The normalized spacial score (nSPS) is 18.3. The van der Waals surface area contributed by atoms with E-state index < -0.39 is 0 Å². The summed E-state index contributed by atoms with van der Waals surface area (Å²) >= 11 is 0. The van der Waals surface area contributed by atoms with E-state index in [9.17, 15) is 9.59 Å². The van der Waals surface area contributed by atoms with Gasteiger partial charge in [0.1, 0.15) is 5.58 Å². The lowest BCUT2D eigenvalue weighted by Gasteiger charge is -2.20. The van der Waals surface area contributed by atoms with Crippen molar-refractivity contribution in [2.75, 3.05) is 7.11 Å². The number of hydrogen-bond donors (Lipinski definition) is 1. The summed E-state index contributed by atoms with van der Waals surface area (Å²) in [5.41, 5.74) is 2.68. The van der Waals surface area contributed by atoms with Crippen LogP contribution in [0.2, 0.25) is 0 Å². The first-order chi connectivity index (χ1) is 11.7. The van der Waals surface area contributed by atoms with Crippen LogP contribution in [-0.2, 0) is 20.9 Å². The molecule has 1 aliphatic rings. The van der Waals surface area contributed by atoms with E-state index in [0.717, 1.165) is 32.9 Å². The molecule has 2 aromatic carbocycles. The highest BCUT2D eigenvalue weighted by molar-refractivity contribution is 6.11. The SMILES string of the molecule is COCc1cccc2c1ccc1occ([C@H]3CCC(=O)NC3=O)c12. The third-order valence-electron chi connectivity index (χ3n) is 4.63. The molecule has 4 rings (SSSR count). The lowest BCUT2D eigenvalue weighted by Crippen LogP contribution is -2.39. The molecule has 0 unspecified atom stereocenters. The molecule has 0 bridgehead atoms. The van der Waals surface area contributed by atoms with Crippen molar-refractivity contribution in [2.45, 2.75) is 25.4 Å². The fourth-order valence-electron chi connectivity index (χ4n) is 3.51. The van der Waals surface area contributed by atoms with Crippen LogP contribution in [0.4, 0.5) is 0 Å². The van der Waals surface area contributed by atoms with Crippen LogP contribution < -0.4 is 5.32 Å². The van der Waals surface area contributed by atoms with Crippen molar-refractivity contribution in [1.82, 2.24) is 5.32 Å². The van der Waals surface area contributed by atoms with Crippen molar-refractivity contribution < 1.29 is 18.7 Å². The van der Waals surface area contributed by atoms with Gasteiger partial charge >= 0.3 is 0 Å². The Kier molecular flexibility index (Phi) is 3.58. The van der Waals surface area contributed by atoms with Crippen LogP contribution in [0.1, 0.15) is 29.9 Å². The standard InChI is InChI=1S/C19H17NO4/c1-23-9-11-3-2-4-13-12(11)5-7-16-18(13)15(10-24-16)14-6-8-17(21)20-19(14)22/h2-5,7,10,14H,6,8-9H2,1H3,(H,20,21,22)/t14-/m1/s1. The molecule has 1 saturated heterocycles. The Morgan fingerprint density at radius 3 is 2.88 bits per heavy atom. The number of benzene rings is 2. The minimum atomic E-state index is -0.361. The van der Waals surface area contributed by atoms with E-state index in [1.54, 1.807) is 13.4 Å². The van der Waals surface area contributed by atoms with Crippen LogP contribution in [0.15, 0.2) is 41.0 Å². The number of nitrogens with one attached hydrogen (secondary N) is 1. The van der Waals surface area contributed by atoms with E-state index in [0.29, 0.717) is 19.4 Å². The largest absolute Gasteiger partial charge is 0.464 e. The number of amides is 2. The number of imide groups is 1. The summed E-state index contributed by atoms with van der Waals surface area (Å²) in [7, 11) is 1.67. The molecule has 5 heteroatoms. The van der Waals surface area contributed by atoms with E-state index in [4.69, 9.17) is 9.15 Å². The van der Waals surface area contributed by atoms with Gasteiger partial charge < -0.3 is 9.15 Å². The lowest BCUT2D eigenvalue weighted by molar-refractivity contribution is -0.134. The predicted octanol–water partition coefficient (Wildman–Crippen LogP) is 3.25. The van der Waals surface area contributed by atoms with Gasteiger partial charge in [0.05, 0.1) is 18.8 Å². The van der Waals surface area contributed by atoms with Gasteiger partial charge in [-0.3, -0.25) is 14.9 Å². The van der Waals surface area contributed by atoms with Crippen molar-refractivity contribution in [3.8, 4) is 0 Å². The second-order valence-electron chi connectivity index (χ2n) is 6.08. The van der Waals surface area contributed by atoms with E-state index >= 15 is 0 Å². The number of fused-ring (bicyclic) bond motifs is 3. The van der Waals surface area contributed by atoms with Crippen molar-refractivity contribution in [3.05, 3.63) is 47.7 Å². The zero-order valence-corrected chi connectivity index (χ0v) is 13.3. The Bertz CT molecular complexity index is 957. The van der Waals surface area contributed by atoms with Crippen LogP contribution in [-0.4, -0.2) is 18.9 Å². The van der Waals surface area contributed by atoms with Gasteiger partial charge in [-0.25, -0.2) is 0 Å². The molecular formula is C19H17NO4. The lowest BCUT2D eigenvalue weighted by atomic mass is 9.88. The Hall–Kier alpha value is -2.66. The van der Waals surface area contributed by atoms with E-state index in [1.165, 1.54) is 0 Å². The number of hydrogen-bond acceptors (Lipinski definition) is 4. The van der Waals surface area contributed by atoms with Crippen molar-refractivity contribution in [2.24, 2.45) is 0 Å². The summed E-state index contributed by atoms with van der Waals surface area (Å²) < 4.78 is 11.0. The molecule has 0 spiro atoms. The second-order valence-corrected chi connectivity index (χ2v) is 6.08. The highest BCUT2D eigenvalue weighted by atomic mass is 16.5. The number of carbonyl (C=O) groups excluding carboxylic acids is 2. The van der Waals surface area contributed by atoms with Crippen LogP contribution in [0, 0.1) is 0 Å². The number of rotatable bonds is 3. The Labute approximate surface area is 138 Å². The second kappa shape index (κ2) is 5.76. The summed E-state index contributed by atoms with van der Waals surface area (Å²) in [6.45, 7) is 0.522. The smallest absolute Gasteiger partial charge is 0.234 e. The highest BCUT2D eigenvalue weighted by Crippen LogP contribution is 2.37. The summed E-state index contributed by atoms with van der Waals surface area (Å²) in [6, 6.07) is 9.98. The number of piperidine rings is 1. The predicted molar refractivity (Wildman–Crippen MR) is 89.6 cm³/mol. The minimum absolute atomic E-state index is 0.212. The van der Waals surface area contributed by atoms with Crippen LogP contribution in [0.5, 0.6) is 0 Å². The number of carbonyl (C=O) groups is 2. The zero-order valence-electron chi connectivity index (χ0n) is 13.3. The maximum absolute atomic E-state index is 12.3. The number of furan rings is 1. The fraction of sp³-hybridized carbons (Fsp3) is 0.263. The fourth-order valence-corrected chi connectivity index (χ4v) is 3.51. The molecule has 122 valence electrons. The Balaban J connectivity index is 1.93. The third kappa shape index (κ3) is 2.29. The van der Waals surface area contributed by atoms with Crippen LogP contribution in [0.3, 0.4) is 0 Å². The molecule has 1 fully saturated rings. The van der Waals surface area contributed by atoms with Gasteiger partial charge in [0, 0.05) is 24.5 Å². The topological polar surface area (TPSA) is 68.5 Å².